The second kappa shape index (κ2) is 7.02. The Bertz CT molecular complexity index is 675. The number of sulfonamides is 1. The molecule has 0 aromatic carbocycles. The van der Waals surface area contributed by atoms with Crippen LogP contribution in [0.4, 0.5) is 0 Å². The van der Waals surface area contributed by atoms with Gasteiger partial charge in [0.05, 0.1) is 0 Å². The third-order valence-electron chi connectivity index (χ3n) is 3.18. The van der Waals surface area contributed by atoms with Crippen LogP contribution in [0.5, 0.6) is 0 Å². The third kappa shape index (κ3) is 3.92. The van der Waals surface area contributed by atoms with Crippen LogP contribution in [0, 0.1) is 6.92 Å². The van der Waals surface area contributed by atoms with Crippen LogP contribution in [0.1, 0.15) is 22.9 Å². The molecule has 0 aliphatic carbocycles. The molecule has 2 aromatic rings. The highest BCUT2D eigenvalue weighted by Crippen LogP contribution is 2.28. The van der Waals surface area contributed by atoms with E-state index in [9.17, 15) is 8.42 Å². The molecule has 0 aliphatic rings. The van der Waals surface area contributed by atoms with Crippen LogP contribution < -0.4 is 5.32 Å². The first-order chi connectivity index (χ1) is 9.95. The van der Waals surface area contributed by atoms with Crippen LogP contribution in [0.3, 0.4) is 0 Å². The number of rotatable bonds is 7. The van der Waals surface area contributed by atoms with Gasteiger partial charge in [0.15, 0.2) is 0 Å². The topological polar surface area (TPSA) is 49.4 Å². The van der Waals surface area contributed by atoms with Crippen LogP contribution in [0.2, 0.25) is 0 Å². The average molecular weight is 345 g/mol. The highest BCUT2D eigenvalue weighted by molar-refractivity contribution is 7.91. The van der Waals surface area contributed by atoms with Crippen molar-refractivity contribution in [1.29, 1.82) is 0 Å². The van der Waals surface area contributed by atoms with E-state index in [1.807, 2.05) is 30.7 Å². The van der Waals surface area contributed by atoms with E-state index in [2.05, 4.69) is 5.32 Å². The SMILES string of the molecule is CCNCc1sc(S(=O)(=O)N(C)Cc2ccsc2)cc1C. The van der Waals surface area contributed by atoms with Gasteiger partial charge in [-0.25, -0.2) is 8.42 Å². The van der Waals surface area contributed by atoms with Crippen molar-refractivity contribution in [3.8, 4) is 0 Å². The average Bonchev–Trinajstić information content (AvgIpc) is 3.06. The summed E-state index contributed by atoms with van der Waals surface area (Å²) in [7, 11) is -1.78. The number of thiophene rings is 2. The van der Waals surface area contributed by atoms with E-state index in [1.54, 1.807) is 24.5 Å². The van der Waals surface area contributed by atoms with Gasteiger partial charge in [0, 0.05) is 25.0 Å². The summed E-state index contributed by atoms with van der Waals surface area (Å²) in [6.45, 7) is 6.00. The van der Waals surface area contributed by atoms with E-state index in [-0.39, 0.29) is 0 Å². The molecule has 0 saturated heterocycles. The highest BCUT2D eigenvalue weighted by atomic mass is 32.2. The van der Waals surface area contributed by atoms with Crippen LogP contribution in [-0.2, 0) is 23.1 Å². The van der Waals surface area contributed by atoms with Gasteiger partial charge in [-0.05, 0) is 47.5 Å². The zero-order valence-corrected chi connectivity index (χ0v) is 14.9. The minimum absolute atomic E-state index is 0.408. The fourth-order valence-electron chi connectivity index (χ4n) is 1.91. The fourth-order valence-corrected chi connectivity index (χ4v) is 5.50. The monoisotopic (exact) mass is 344 g/mol. The van der Waals surface area contributed by atoms with Crippen molar-refractivity contribution in [3.63, 3.8) is 0 Å². The van der Waals surface area contributed by atoms with Gasteiger partial charge in [0.1, 0.15) is 4.21 Å². The fraction of sp³-hybridized carbons (Fsp3) is 0.429. The summed E-state index contributed by atoms with van der Waals surface area (Å²) in [6.07, 6.45) is 0. The van der Waals surface area contributed by atoms with Gasteiger partial charge in [0.25, 0.3) is 10.0 Å². The first-order valence-corrected chi connectivity index (χ1v) is 9.92. The van der Waals surface area contributed by atoms with Gasteiger partial charge in [0.2, 0.25) is 0 Å². The van der Waals surface area contributed by atoms with E-state index in [4.69, 9.17) is 0 Å². The molecule has 1 N–H and O–H groups in total. The Morgan fingerprint density at radius 3 is 2.76 bits per heavy atom. The summed E-state index contributed by atoms with van der Waals surface area (Å²) < 4.78 is 27.1. The summed E-state index contributed by atoms with van der Waals surface area (Å²) in [4.78, 5) is 1.08. The van der Waals surface area contributed by atoms with Crippen molar-refractivity contribution in [2.75, 3.05) is 13.6 Å². The predicted molar refractivity (Wildman–Crippen MR) is 89.4 cm³/mol. The summed E-state index contributed by atoms with van der Waals surface area (Å²) in [5.41, 5.74) is 2.05. The summed E-state index contributed by atoms with van der Waals surface area (Å²) in [6, 6.07) is 3.73. The van der Waals surface area contributed by atoms with E-state index in [0.717, 1.165) is 29.1 Å². The van der Waals surface area contributed by atoms with E-state index >= 15 is 0 Å². The van der Waals surface area contributed by atoms with Gasteiger partial charge >= 0.3 is 0 Å². The van der Waals surface area contributed by atoms with E-state index < -0.39 is 10.0 Å². The molecule has 0 unspecified atom stereocenters. The van der Waals surface area contributed by atoms with Crippen molar-refractivity contribution in [2.24, 2.45) is 0 Å². The summed E-state index contributed by atoms with van der Waals surface area (Å²) in [5.74, 6) is 0. The molecule has 0 saturated carbocycles. The lowest BCUT2D eigenvalue weighted by Gasteiger charge is -2.15. The summed E-state index contributed by atoms with van der Waals surface area (Å²) in [5, 5.41) is 7.17. The molecule has 21 heavy (non-hydrogen) atoms. The molecule has 0 amide bonds. The van der Waals surface area contributed by atoms with Crippen molar-refractivity contribution < 1.29 is 8.42 Å². The van der Waals surface area contributed by atoms with E-state index in [0.29, 0.717) is 10.8 Å². The molecule has 4 nitrogen and oxygen atoms in total. The number of aryl methyl sites for hydroxylation is 1. The standard InChI is InChI=1S/C14H20N2O2S3/c1-4-15-8-13-11(2)7-14(20-13)21(17,18)16(3)9-12-5-6-19-10-12/h5-7,10,15H,4,8-9H2,1-3H3. The second-order valence-corrected chi connectivity index (χ2v) is 9.03. The Balaban J connectivity index is 2.18. The van der Waals surface area contributed by atoms with Gasteiger partial charge in [-0.2, -0.15) is 15.6 Å². The molecule has 0 aliphatic heterocycles. The van der Waals surface area contributed by atoms with Crippen molar-refractivity contribution in [2.45, 2.75) is 31.1 Å². The highest BCUT2D eigenvalue weighted by Gasteiger charge is 2.24. The zero-order valence-electron chi connectivity index (χ0n) is 12.4. The summed E-state index contributed by atoms with van der Waals surface area (Å²) >= 11 is 2.93. The van der Waals surface area contributed by atoms with Crippen molar-refractivity contribution in [1.82, 2.24) is 9.62 Å². The first-order valence-electron chi connectivity index (χ1n) is 6.72. The van der Waals surface area contributed by atoms with Crippen molar-refractivity contribution >= 4 is 32.7 Å². The minimum atomic E-state index is -3.41. The van der Waals surface area contributed by atoms with Crippen LogP contribution in [0.15, 0.2) is 27.1 Å². The number of hydrogen-bond acceptors (Lipinski definition) is 5. The maximum Gasteiger partial charge on any atom is 0.252 e. The number of hydrogen-bond donors (Lipinski definition) is 1. The van der Waals surface area contributed by atoms with Gasteiger partial charge in [-0.15, -0.1) is 11.3 Å². The zero-order chi connectivity index (χ0) is 15.5. The van der Waals surface area contributed by atoms with Crippen LogP contribution >= 0.6 is 22.7 Å². The largest absolute Gasteiger partial charge is 0.312 e. The molecular formula is C14H20N2O2S3. The maximum atomic E-state index is 12.6. The molecule has 0 fully saturated rings. The lowest BCUT2D eigenvalue weighted by atomic mass is 10.3. The van der Waals surface area contributed by atoms with Crippen LogP contribution in [0.25, 0.3) is 0 Å². The molecule has 7 heteroatoms. The normalized spacial score (nSPS) is 12.2. The molecule has 116 valence electrons. The lowest BCUT2D eigenvalue weighted by molar-refractivity contribution is 0.469. The number of nitrogens with zero attached hydrogens (tertiary/aromatic N) is 1. The van der Waals surface area contributed by atoms with Crippen LogP contribution in [-0.4, -0.2) is 26.3 Å². The lowest BCUT2D eigenvalue weighted by Crippen LogP contribution is -2.25. The first kappa shape index (κ1) is 16.6. The predicted octanol–water partition coefficient (Wildman–Crippen LogP) is 3.05. The Kier molecular flexibility index (Phi) is 5.56. The molecule has 2 aromatic heterocycles. The van der Waals surface area contributed by atoms with Gasteiger partial charge in [-0.1, -0.05) is 6.92 Å². The Morgan fingerprint density at radius 2 is 2.14 bits per heavy atom. The Morgan fingerprint density at radius 1 is 1.38 bits per heavy atom. The molecular weight excluding hydrogens is 324 g/mol. The number of nitrogens with one attached hydrogen (secondary N) is 1. The molecule has 2 rings (SSSR count). The smallest absolute Gasteiger partial charge is 0.252 e. The Hall–Kier alpha value is -0.730. The van der Waals surface area contributed by atoms with Gasteiger partial charge < -0.3 is 5.32 Å². The molecule has 0 atom stereocenters. The molecule has 0 spiro atoms. The minimum Gasteiger partial charge on any atom is -0.312 e. The van der Waals surface area contributed by atoms with Crippen molar-refractivity contribution in [3.05, 3.63) is 38.9 Å². The molecule has 2 heterocycles. The quantitative estimate of drug-likeness (QED) is 0.840. The van der Waals surface area contributed by atoms with E-state index in [1.165, 1.54) is 15.6 Å². The third-order valence-corrected chi connectivity index (χ3v) is 7.41. The molecule has 0 bridgehead atoms. The van der Waals surface area contributed by atoms with Gasteiger partial charge in [-0.3, -0.25) is 0 Å². The second-order valence-electron chi connectivity index (χ2n) is 4.84. The Labute approximate surface area is 134 Å². The molecule has 0 radical (unpaired) electrons. The maximum absolute atomic E-state index is 12.6.